The summed E-state index contributed by atoms with van der Waals surface area (Å²) in [5.41, 5.74) is 4.37. The minimum Gasteiger partial charge on any atom is -0.302 e. The monoisotopic (exact) mass is 150 g/mol. The molecule has 0 atom stereocenters. The Bertz CT molecular complexity index is 238. The van der Waals surface area contributed by atoms with Crippen LogP contribution in [0.1, 0.15) is 13.3 Å². The van der Waals surface area contributed by atoms with Gasteiger partial charge in [-0.3, -0.25) is 4.99 Å². The zero-order chi connectivity index (χ0) is 7.84. The molecule has 11 heavy (non-hydrogen) atoms. The standard InChI is InChI=1S/C9H14N2/c1-7-9-6-11(2)4-3-8(9)5-10-7/h3-6H2,1-2H3. The van der Waals surface area contributed by atoms with Crippen molar-refractivity contribution in [3.05, 3.63) is 11.1 Å². The molecule has 0 spiro atoms. The summed E-state index contributed by atoms with van der Waals surface area (Å²) in [5, 5.41) is 0. The summed E-state index contributed by atoms with van der Waals surface area (Å²) in [6.45, 7) is 5.43. The molecule has 2 aliphatic heterocycles. The van der Waals surface area contributed by atoms with Crippen molar-refractivity contribution in [2.45, 2.75) is 13.3 Å². The van der Waals surface area contributed by atoms with Gasteiger partial charge in [-0.15, -0.1) is 0 Å². The Kier molecular flexibility index (Phi) is 1.57. The number of hydrogen-bond acceptors (Lipinski definition) is 2. The lowest BCUT2D eigenvalue weighted by Gasteiger charge is -2.23. The summed E-state index contributed by atoms with van der Waals surface area (Å²) in [5.74, 6) is 0. The van der Waals surface area contributed by atoms with Gasteiger partial charge in [0.15, 0.2) is 0 Å². The molecular formula is C9H14N2. The molecule has 0 bridgehead atoms. The average Bonchev–Trinajstić information content (AvgIpc) is 2.33. The zero-order valence-electron chi connectivity index (χ0n) is 7.22. The maximum absolute atomic E-state index is 4.43. The summed E-state index contributed by atoms with van der Waals surface area (Å²) in [6.07, 6.45) is 1.23. The lowest BCUT2D eigenvalue weighted by Crippen LogP contribution is -2.28. The normalized spacial score (nSPS) is 25.5. The van der Waals surface area contributed by atoms with Crippen LogP contribution in [0.4, 0.5) is 0 Å². The first-order chi connectivity index (χ1) is 5.27. The SMILES string of the molecule is CC1=NCC2=C1CN(C)CC2. The highest BCUT2D eigenvalue weighted by Crippen LogP contribution is 2.23. The summed E-state index contributed by atoms with van der Waals surface area (Å²) in [6, 6.07) is 0. The number of nitrogens with zero attached hydrogens (tertiary/aromatic N) is 2. The molecule has 0 aromatic carbocycles. The number of aliphatic imine (C=N–C) groups is 1. The summed E-state index contributed by atoms with van der Waals surface area (Å²) in [4.78, 5) is 6.80. The van der Waals surface area contributed by atoms with Crippen molar-refractivity contribution in [1.29, 1.82) is 0 Å². The van der Waals surface area contributed by atoms with Crippen LogP contribution in [0.25, 0.3) is 0 Å². The number of hydrogen-bond donors (Lipinski definition) is 0. The highest BCUT2D eigenvalue weighted by molar-refractivity contribution is 6.01. The van der Waals surface area contributed by atoms with E-state index in [9.17, 15) is 0 Å². The second-order valence-electron chi connectivity index (χ2n) is 3.47. The first kappa shape index (κ1) is 7.04. The maximum atomic E-state index is 4.43. The fourth-order valence-corrected chi connectivity index (χ4v) is 1.79. The van der Waals surface area contributed by atoms with E-state index >= 15 is 0 Å². The van der Waals surface area contributed by atoms with E-state index < -0.39 is 0 Å². The molecule has 2 heteroatoms. The summed E-state index contributed by atoms with van der Waals surface area (Å²) in [7, 11) is 2.18. The highest BCUT2D eigenvalue weighted by Gasteiger charge is 2.21. The van der Waals surface area contributed by atoms with E-state index in [1.54, 1.807) is 5.57 Å². The Morgan fingerprint density at radius 3 is 3.09 bits per heavy atom. The summed E-state index contributed by atoms with van der Waals surface area (Å²) < 4.78 is 0. The predicted octanol–water partition coefficient (Wildman–Crippen LogP) is 1.09. The van der Waals surface area contributed by atoms with Crippen molar-refractivity contribution >= 4 is 5.71 Å². The molecule has 0 amide bonds. The van der Waals surface area contributed by atoms with Gasteiger partial charge < -0.3 is 4.90 Å². The maximum Gasteiger partial charge on any atom is 0.0610 e. The van der Waals surface area contributed by atoms with Gasteiger partial charge >= 0.3 is 0 Å². The molecule has 0 N–H and O–H groups in total. The topological polar surface area (TPSA) is 15.6 Å². The third-order valence-corrected chi connectivity index (χ3v) is 2.59. The first-order valence-corrected chi connectivity index (χ1v) is 4.18. The van der Waals surface area contributed by atoms with Crippen molar-refractivity contribution in [1.82, 2.24) is 4.90 Å². The van der Waals surface area contributed by atoms with Crippen LogP contribution in [-0.4, -0.2) is 37.3 Å². The molecule has 2 heterocycles. The van der Waals surface area contributed by atoms with Crippen LogP contribution in [0, 0.1) is 0 Å². The molecule has 0 saturated heterocycles. The van der Waals surface area contributed by atoms with E-state index in [-0.39, 0.29) is 0 Å². The molecule has 0 aromatic rings. The Labute approximate surface area is 67.6 Å². The van der Waals surface area contributed by atoms with Crippen LogP contribution < -0.4 is 0 Å². The van der Waals surface area contributed by atoms with Gasteiger partial charge in [0, 0.05) is 18.8 Å². The van der Waals surface area contributed by atoms with Crippen molar-refractivity contribution in [3.8, 4) is 0 Å². The molecular weight excluding hydrogens is 136 g/mol. The van der Waals surface area contributed by atoms with Gasteiger partial charge in [-0.2, -0.15) is 0 Å². The van der Waals surface area contributed by atoms with Crippen LogP contribution >= 0.6 is 0 Å². The van der Waals surface area contributed by atoms with Crippen molar-refractivity contribution < 1.29 is 0 Å². The first-order valence-electron chi connectivity index (χ1n) is 4.18. The van der Waals surface area contributed by atoms with Crippen molar-refractivity contribution in [2.24, 2.45) is 4.99 Å². The van der Waals surface area contributed by atoms with E-state index in [0.717, 1.165) is 13.1 Å². The van der Waals surface area contributed by atoms with E-state index in [1.807, 2.05) is 0 Å². The fourth-order valence-electron chi connectivity index (χ4n) is 1.79. The van der Waals surface area contributed by atoms with Gasteiger partial charge in [-0.1, -0.05) is 0 Å². The highest BCUT2D eigenvalue weighted by atomic mass is 15.1. The average molecular weight is 150 g/mol. The molecule has 0 saturated carbocycles. The fraction of sp³-hybridized carbons (Fsp3) is 0.667. The van der Waals surface area contributed by atoms with Gasteiger partial charge in [0.05, 0.1) is 6.54 Å². The van der Waals surface area contributed by atoms with Crippen LogP contribution in [0.15, 0.2) is 16.1 Å². The molecule has 0 aliphatic carbocycles. The van der Waals surface area contributed by atoms with Gasteiger partial charge in [-0.05, 0) is 31.5 Å². The minimum absolute atomic E-state index is 0.981. The molecule has 0 aromatic heterocycles. The van der Waals surface area contributed by atoms with E-state index in [2.05, 4.69) is 23.9 Å². The molecule has 2 aliphatic rings. The van der Waals surface area contributed by atoms with Gasteiger partial charge in [-0.25, -0.2) is 0 Å². The number of rotatable bonds is 0. The van der Waals surface area contributed by atoms with Crippen molar-refractivity contribution in [3.63, 3.8) is 0 Å². The molecule has 2 nitrogen and oxygen atoms in total. The van der Waals surface area contributed by atoms with Gasteiger partial charge in [0.2, 0.25) is 0 Å². The zero-order valence-corrected chi connectivity index (χ0v) is 7.22. The molecule has 0 radical (unpaired) electrons. The lowest BCUT2D eigenvalue weighted by molar-refractivity contribution is 0.354. The van der Waals surface area contributed by atoms with Crippen LogP contribution in [0.2, 0.25) is 0 Å². The van der Waals surface area contributed by atoms with Crippen LogP contribution in [0.3, 0.4) is 0 Å². The van der Waals surface area contributed by atoms with Gasteiger partial charge in [0.1, 0.15) is 0 Å². The molecule has 60 valence electrons. The Hall–Kier alpha value is -0.630. The third-order valence-electron chi connectivity index (χ3n) is 2.59. The Balaban J connectivity index is 2.24. The second-order valence-corrected chi connectivity index (χ2v) is 3.47. The smallest absolute Gasteiger partial charge is 0.0610 e. The van der Waals surface area contributed by atoms with Crippen molar-refractivity contribution in [2.75, 3.05) is 26.7 Å². The van der Waals surface area contributed by atoms with Gasteiger partial charge in [0.25, 0.3) is 0 Å². The van der Waals surface area contributed by atoms with E-state index in [1.165, 1.54) is 24.3 Å². The van der Waals surface area contributed by atoms with E-state index in [0.29, 0.717) is 0 Å². The molecule has 0 unspecified atom stereocenters. The molecule has 0 fully saturated rings. The Morgan fingerprint density at radius 1 is 1.45 bits per heavy atom. The van der Waals surface area contributed by atoms with E-state index in [4.69, 9.17) is 0 Å². The third kappa shape index (κ3) is 1.11. The number of likely N-dealkylation sites (N-methyl/N-ethyl adjacent to an activating group) is 1. The predicted molar refractivity (Wildman–Crippen MR) is 47.1 cm³/mol. The Morgan fingerprint density at radius 2 is 2.27 bits per heavy atom. The second kappa shape index (κ2) is 2.45. The summed E-state index contributed by atoms with van der Waals surface area (Å²) >= 11 is 0. The molecule has 2 rings (SSSR count). The minimum atomic E-state index is 0.981. The lowest BCUT2D eigenvalue weighted by atomic mass is 10.0. The quantitative estimate of drug-likeness (QED) is 0.505. The van der Waals surface area contributed by atoms with Crippen LogP contribution in [-0.2, 0) is 0 Å². The van der Waals surface area contributed by atoms with Crippen LogP contribution in [0.5, 0.6) is 0 Å². The largest absolute Gasteiger partial charge is 0.302 e.